The zero-order chi connectivity index (χ0) is 21.1. The highest BCUT2D eigenvalue weighted by Gasteiger charge is 2.25. The standard InChI is InChI=1S/C20H37N5O3/c1-5-9-13-24(16(26)15-23(11-7-3)12-8-4)17-18(21)25(14-10-6-2)20(28)22-19(17)27/h5-15,21H2,1-4H3,(H,22,27,28). The molecule has 0 aliphatic heterocycles. The van der Waals surface area contributed by atoms with Gasteiger partial charge in [0, 0.05) is 13.1 Å². The Kier molecular flexibility index (Phi) is 10.6. The molecule has 8 nitrogen and oxygen atoms in total. The van der Waals surface area contributed by atoms with Crippen molar-refractivity contribution in [3.63, 3.8) is 0 Å². The average Bonchev–Trinajstić information content (AvgIpc) is 2.64. The first kappa shape index (κ1) is 23.9. The van der Waals surface area contributed by atoms with E-state index in [2.05, 4.69) is 23.7 Å². The van der Waals surface area contributed by atoms with Crippen molar-refractivity contribution >= 4 is 17.4 Å². The summed E-state index contributed by atoms with van der Waals surface area (Å²) in [5.41, 5.74) is 5.19. The lowest BCUT2D eigenvalue weighted by Gasteiger charge is -2.28. The predicted octanol–water partition coefficient (Wildman–Crippen LogP) is 2.17. The second-order valence-electron chi connectivity index (χ2n) is 7.17. The van der Waals surface area contributed by atoms with E-state index in [-0.39, 0.29) is 24.0 Å². The lowest BCUT2D eigenvalue weighted by atomic mass is 10.2. The Labute approximate surface area is 167 Å². The highest BCUT2D eigenvalue weighted by atomic mass is 16.2. The second kappa shape index (κ2) is 12.4. The van der Waals surface area contributed by atoms with E-state index in [4.69, 9.17) is 5.73 Å². The van der Waals surface area contributed by atoms with Gasteiger partial charge in [0.15, 0.2) is 5.69 Å². The molecule has 0 bridgehead atoms. The minimum absolute atomic E-state index is 0.0733. The summed E-state index contributed by atoms with van der Waals surface area (Å²) in [5.74, 6) is -0.0857. The first-order chi connectivity index (χ1) is 13.4. The Bertz CT molecular complexity index is 720. The van der Waals surface area contributed by atoms with Gasteiger partial charge in [-0.1, -0.05) is 40.5 Å². The van der Waals surface area contributed by atoms with Crippen LogP contribution in [0.1, 0.15) is 66.2 Å². The predicted molar refractivity (Wildman–Crippen MR) is 115 cm³/mol. The molecule has 0 atom stereocenters. The Morgan fingerprint density at radius 3 is 2.11 bits per heavy atom. The minimum atomic E-state index is -0.600. The maximum atomic E-state index is 13.1. The van der Waals surface area contributed by atoms with Crippen molar-refractivity contribution in [2.75, 3.05) is 36.8 Å². The molecule has 0 aromatic carbocycles. The number of amides is 1. The lowest BCUT2D eigenvalue weighted by Crippen LogP contribution is -2.46. The van der Waals surface area contributed by atoms with Crippen LogP contribution in [-0.2, 0) is 11.3 Å². The number of unbranched alkanes of at least 4 members (excludes halogenated alkanes) is 2. The molecule has 1 heterocycles. The summed E-state index contributed by atoms with van der Waals surface area (Å²) < 4.78 is 1.36. The summed E-state index contributed by atoms with van der Waals surface area (Å²) >= 11 is 0. The van der Waals surface area contributed by atoms with Gasteiger partial charge in [0.1, 0.15) is 5.82 Å². The highest BCUT2D eigenvalue weighted by Crippen LogP contribution is 2.18. The molecular formula is C20H37N5O3. The molecule has 1 aromatic heterocycles. The molecule has 0 saturated heterocycles. The van der Waals surface area contributed by atoms with Crippen LogP contribution in [0.2, 0.25) is 0 Å². The number of anilines is 2. The van der Waals surface area contributed by atoms with Crippen LogP contribution in [0.3, 0.4) is 0 Å². The number of nitrogens with two attached hydrogens (primary N) is 1. The van der Waals surface area contributed by atoms with Crippen molar-refractivity contribution < 1.29 is 4.79 Å². The molecule has 0 saturated carbocycles. The number of aromatic amines is 1. The van der Waals surface area contributed by atoms with Crippen molar-refractivity contribution in [3.8, 4) is 0 Å². The van der Waals surface area contributed by atoms with Gasteiger partial charge >= 0.3 is 5.69 Å². The van der Waals surface area contributed by atoms with Gasteiger partial charge in [-0.15, -0.1) is 0 Å². The number of carbonyl (C=O) groups is 1. The van der Waals surface area contributed by atoms with Crippen LogP contribution in [-0.4, -0.2) is 46.5 Å². The summed E-state index contributed by atoms with van der Waals surface area (Å²) in [6.07, 6.45) is 5.19. The highest BCUT2D eigenvalue weighted by molar-refractivity contribution is 5.96. The topological polar surface area (TPSA) is 104 Å². The van der Waals surface area contributed by atoms with Gasteiger partial charge in [-0.2, -0.15) is 0 Å². The molecule has 0 unspecified atom stereocenters. The molecule has 0 fully saturated rings. The van der Waals surface area contributed by atoms with Crippen molar-refractivity contribution in [1.82, 2.24) is 14.5 Å². The third kappa shape index (κ3) is 6.51. The average molecular weight is 396 g/mol. The van der Waals surface area contributed by atoms with Gasteiger partial charge in [-0.25, -0.2) is 4.79 Å². The van der Waals surface area contributed by atoms with Crippen LogP contribution in [0.5, 0.6) is 0 Å². The molecule has 0 spiro atoms. The summed E-state index contributed by atoms with van der Waals surface area (Å²) in [4.78, 5) is 43.8. The Hall–Kier alpha value is -2.09. The van der Waals surface area contributed by atoms with Crippen molar-refractivity contribution in [3.05, 3.63) is 20.8 Å². The third-order valence-electron chi connectivity index (χ3n) is 4.69. The summed E-state index contributed by atoms with van der Waals surface area (Å²) in [6, 6.07) is 0. The number of H-pyrrole nitrogens is 1. The van der Waals surface area contributed by atoms with Gasteiger partial charge in [0.2, 0.25) is 5.91 Å². The molecule has 1 aromatic rings. The van der Waals surface area contributed by atoms with Crippen LogP contribution in [0.15, 0.2) is 9.59 Å². The summed E-state index contributed by atoms with van der Waals surface area (Å²) in [6.45, 7) is 10.9. The van der Waals surface area contributed by atoms with E-state index >= 15 is 0 Å². The van der Waals surface area contributed by atoms with E-state index in [0.717, 1.165) is 51.6 Å². The number of aromatic nitrogens is 2. The van der Waals surface area contributed by atoms with Gasteiger partial charge in [0.25, 0.3) is 5.56 Å². The molecule has 0 aliphatic carbocycles. The van der Waals surface area contributed by atoms with Crippen molar-refractivity contribution in [1.29, 1.82) is 0 Å². The van der Waals surface area contributed by atoms with E-state index in [0.29, 0.717) is 13.1 Å². The molecule has 28 heavy (non-hydrogen) atoms. The van der Waals surface area contributed by atoms with Crippen molar-refractivity contribution in [2.24, 2.45) is 0 Å². The molecule has 160 valence electrons. The maximum absolute atomic E-state index is 13.1. The van der Waals surface area contributed by atoms with Crippen molar-refractivity contribution in [2.45, 2.75) is 72.8 Å². The molecule has 3 N–H and O–H groups in total. The molecule has 8 heteroatoms. The zero-order valence-corrected chi connectivity index (χ0v) is 17.9. The number of nitrogens with zero attached hydrogens (tertiary/aromatic N) is 3. The second-order valence-corrected chi connectivity index (χ2v) is 7.17. The normalized spacial score (nSPS) is 11.2. The van der Waals surface area contributed by atoms with E-state index in [1.54, 1.807) is 0 Å². The maximum Gasteiger partial charge on any atom is 0.330 e. The summed E-state index contributed by atoms with van der Waals surface area (Å²) in [7, 11) is 0. The SMILES string of the molecule is CCCCN(C(=O)CN(CCC)CCC)c1c(N)n(CCCC)c(=O)[nH]c1=O. The quantitative estimate of drug-likeness (QED) is 0.533. The molecule has 0 radical (unpaired) electrons. The molecule has 1 rings (SSSR count). The fourth-order valence-corrected chi connectivity index (χ4v) is 3.23. The van der Waals surface area contributed by atoms with Crippen LogP contribution in [0.25, 0.3) is 0 Å². The van der Waals surface area contributed by atoms with Crippen LogP contribution in [0, 0.1) is 0 Å². The number of carbonyl (C=O) groups excluding carboxylic acids is 1. The third-order valence-corrected chi connectivity index (χ3v) is 4.69. The lowest BCUT2D eigenvalue weighted by molar-refractivity contribution is -0.119. The van der Waals surface area contributed by atoms with E-state index in [1.807, 2.05) is 13.8 Å². The number of nitrogens with one attached hydrogen (secondary N) is 1. The number of hydrogen-bond acceptors (Lipinski definition) is 5. The fraction of sp³-hybridized carbons (Fsp3) is 0.750. The van der Waals surface area contributed by atoms with E-state index < -0.39 is 11.2 Å². The van der Waals surface area contributed by atoms with Crippen LogP contribution in [0.4, 0.5) is 11.5 Å². The monoisotopic (exact) mass is 395 g/mol. The minimum Gasteiger partial charge on any atom is -0.383 e. The molecular weight excluding hydrogens is 358 g/mol. The smallest absolute Gasteiger partial charge is 0.330 e. The van der Waals surface area contributed by atoms with Gasteiger partial charge < -0.3 is 10.6 Å². The van der Waals surface area contributed by atoms with Crippen LogP contribution < -0.4 is 21.9 Å². The van der Waals surface area contributed by atoms with E-state index in [1.165, 1.54) is 9.47 Å². The molecule has 0 aliphatic rings. The largest absolute Gasteiger partial charge is 0.383 e. The molecule has 1 amide bonds. The number of nitrogen functional groups attached to an aromatic ring is 1. The first-order valence-corrected chi connectivity index (χ1v) is 10.6. The van der Waals surface area contributed by atoms with Gasteiger partial charge in [-0.3, -0.25) is 24.0 Å². The zero-order valence-electron chi connectivity index (χ0n) is 17.9. The Balaban J connectivity index is 3.30. The fourth-order valence-electron chi connectivity index (χ4n) is 3.23. The van der Waals surface area contributed by atoms with E-state index in [9.17, 15) is 14.4 Å². The first-order valence-electron chi connectivity index (χ1n) is 10.6. The van der Waals surface area contributed by atoms with Gasteiger partial charge in [-0.05, 0) is 38.8 Å². The Morgan fingerprint density at radius 2 is 1.57 bits per heavy atom. The Morgan fingerprint density at radius 1 is 0.964 bits per heavy atom. The van der Waals surface area contributed by atoms with Crippen LogP contribution >= 0.6 is 0 Å². The number of rotatable bonds is 13. The van der Waals surface area contributed by atoms with Gasteiger partial charge in [0.05, 0.1) is 6.54 Å². The number of hydrogen-bond donors (Lipinski definition) is 2. The summed E-state index contributed by atoms with van der Waals surface area (Å²) in [5, 5.41) is 0.